The highest BCUT2D eigenvalue weighted by molar-refractivity contribution is 5.79. The first-order chi connectivity index (χ1) is 11.6. The zero-order chi connectivity index (χ0) is 16.9. The lowest BCUT2D eigenvalue weighted by molar-refractivity contribution is -0.139. The molecule has 0 amide bonds. The molecule has 2 aromatic carbocycles. The van der Waals surface area contributed by atoms with Crippen LogP contribution in [0.5, 0.6) is 5.75 Å². The summed E-state index contributed by atoms with van der Waals surface area (Å²) >= 11 is 0. The lowest BCUT2D eigenvalue weighted by Gasteiger charge is -2.03. The summed E-state index contributed by atoms with van der Waals surface area (Å²) in [6, 6.07) is 14.1. The quantitative estimate of drug-likeness (QED) is 0.753. The molecule has 3 aromatic rings. The minimum atomic E-state index is -1.02. The topological polar surface area (TPSA) is 92.3 Å². The molecule has 6 heteroatoms. The number of benzene rings is 2. The van der Waals surface area contributed by atoms with Gasteiger partial charge in [-0.1, -0.05) is 30.3 Å². The van der Waals surface area contributed by atoms with Crippen molar-refractivity contribution in [2.24, 2.45) is 0 Å². The highest BCUT2D eigenvalue weighted by Crippen LogP contribution is 2.14. The number of carboxylic acids is 1. The molecule has 0 radical (unpaired) electrons. The number of H-pyrrole nitrogens is 1. The van der Waals surface area contributed by atoms with Gasteiger partial charge in [0.2, 0.25) is 0 Å². The zero-order valence-electron chi connectivity index (χ0n) is 12.6. The Morgan fingerprint density at radius 3 is 2.62 bits per heavy atom. The second-order valence-electron chi connectivity index (χ2n) is 5.05. The van der Waals surface area contributed by atoms with E-state index in [1.807, 2.05) is 6.07 Å². The van der Waals surface area contributed by atoms with E-state index < -0.39 is 5.97 Å². The fraction of sp³-hybridized carbons (Fsp3) is 0.0556. The molecule has 0 bridgehead atoms. The molecule has 1 aromatic heterocycles. The van der Waals surface area contributed by atoms with Crippen LogP contribution in [0.25, 0.3) is 23.1 Å². The number of hydrogen-bond acceptors (Lipinski definition) is 4. The number of rotatable bonds is 5. The van der Waals surface area contributed by atoms with Crippen LogP contribution in [0, 0.1) is 0 Å². The molecule has 24 heavy (non-hydrogen) atoms. The van der Waals surface area contributed by atoms with Crippen LogP contribution < -0.4 is 10.3 Å². The van der Waals surface area contributed by atoms with E-state index >= 15 is 0 Å². The number of nitrogens with one attached hydrogen (secondary N) is 1. The smallest absolute Gasteiger partial charge is 0.341 e. The number of nitrogens with zero attached hydrogens (tertiary/aromatic N) is 1. The van der Waals surface area contributed by atoms with Crippen molar-refractivity contribution in [2.45, 2.75) is 0 Å². The molecule has 0 fully saturated rings. The predicted octanol–water partition coefficient (Wildman–Crippen LogP) is 2.56. The average molecular weight is 322 g/mol. The lowest BCUT2D eigenvalue weighted by atomic mass is 10.2. The van der Waals surface area contributed by atoms with Gasteiger partial charge in [0, 0.05) is 0 Å². The van der Waals surface area contributed by atoms with Crippen molar-refractivity contribution in [1.29, 1.82) is 0 Å². The maximum absolute atomic E-state index is 12.0. The highest BCUT2D eigenvalue weighted by Gasteiger charge is 2.01. The summed E-state index contributed by atoms with van der Waals surface area (Å²) in [6.45, 7) is -0.378. The van der Waals surface area contributed by atoms with Crippen molar-refractivity contribution in [2.75, 3.05) is 6.61 Å². The van der Waals surface area contributed by atoms with Gasteiger partial charge in [-0.05, 0) is 35.9 Å². The summed E-state index contributed by atoms with van der Waals surface area (Å²) in [5, 5.41) is 9.12. The van der Waals surface area contributed by atoms with Crippen molar-refractivity contribution in [1.82, 2.24) is 9.97 Å². The number of aliphatic carboxylic acids is 1. The number of fused-ring (bicyclic) bond motifs is 1. The molecule has 0 saturated heterocycles. The average Bonchev–Trinajstić information content (AvgIpc) is 2.59. The van der Waals surface area contributed by atoms with Crippen LogP contribution >= 0.6 is 0 Å². The van der Waals surface area contributed by atoms with Gasteiger partial charge < -0.3 is 14.8 Å². The van der Waals surface area contributed by atoms with Crippen LogP contribution in [0.1, 0.15) is 11.4 Å². The maximum atomic E-state index is 12.0. The summed E-state index contributed by atoms with van der Waals surface area (Å²) in [5.74, 6) is -0.0815. The Balaban J connectivity index is 1.78. The van der Waals surface area contributed by atoms with E-state index in [-0.39, 0.29) is 12.2 Å². The number of carboxylic acid groups (broad SMARTS) is 1. The van der Waals surface area contributed by atoms with Crippen molar-refractivity contribution in [3.63, 3.8) is 0 Å². The molecule has 0 aliphatic carbocycles. The third-order valence-electron chi connectivity index (χ3n) is 3.31. The maximum Gasteiger partial charge on any atom is 0.341 e. The van der Waals surface area contributed by atoms with Gasteiger partial charge in [0.05, 0.1) is 10.9 Å². The van der Waals surface area contributed by atoms with Gasteiger partial charge >= 0.3 is 5.97 Å². The van der Waals surface area contributed by atoms with Gasteiger partial charge in [-0.25, -0.2) is 9.78 Å². The minimum Gasteiger partial charge on any atom is -0.482 e. The van der Waals surface area contributed by atoms with Crippen LogP contribution in [0.2, 0.25) is 0 Å². The summed E-state index contributed by atoms with van der Waals surface area (Å²) < 4.78 is 5.07. The molecule has 0 unspecified atom stereocenters. The molecular weight excluding hydrogens is 308 g/mol. The van der Waals surface area contributed by atoms with E-state index in [4.69, 9.17) is 9.84 Å². The summed E-state index contributed by atoms with van der Waals surface area (Å²) in [5.41, 5.74) is 1.32. The second kappa shape index (κ2) is 6.78. The monoisotopic (exact) mass is 322 g/mol. The summed E-state index contributed by atoms with van der Waals surface area (Å²) in [7, 11) is 0. The SMILES string of the molecule is O=C(O)COc1ccc(C=Cc2nc3ccccc3c(=O)[nH]2)cc1. The van der Waals surface area contributed by atoms with E-state index in [1.165, 1.54) is 0 Å². The van der Waals surface area contributed by atoms with Crippen LogP contribution in [0.4, 0.5) is 0 Å². The molecule has 0 saturated carbocycles. The molecule has 0 aliphatic rings. The second-order valence-corrected chi connectivity index (χ2v) is 5.05. The summed E-state index contributed by atoms with van der Waals surface area (Å²) in [6.07, 6.45) is 3.51. The number of aromatic nitrogens is 2. The van der Waals surface area contributed by atoms with Crippen LogP contribution in [0.15, 0.2) is 53.3 Å². The Hall–Kier alpha value is -3.41. The van der Waals surface area contributed by atoms with Crippen LogP contribution in [0.3, 0.4) is 0 Å². The van der Waals surface area contributed by atoms with Gasteiger partial charge in [0.25, 0.3) is 5.56 Å². The molecular formula is C18H14N2O4. The summed E-state index contributed by atoms with van der Waals surface area (Å²) in [4.78, 5) is 29.5. The Morgan fingerprint density at radius 1 is 1.12 bits per heavy atom. The Labute approximate surface area is 137 Å². The molecule has 0 aliphatic heterocycles. The third kappa shape index (κ3) is 3.67. The molecule has 2 N–H and O–H groups in total. The van der Waals surface area contributed by atoms with E-state index in [1.54, 1.807) is 54.6 Å². The van der Waals surface area contributed by atoms with Crippen molar-refractivity contribution < 1.29 is 14.6 Å². The standard InChI is InChI=1S/C18H14N2O4/c21-17(22)11-24-13-8-5-12(6-9-13)7-10-16-19-15-4-2-1-3-14(15)18(23)20-16/h1-10H,11H2,(H,21,22)(H,19,20,23). The number of aromatic amines is 1. The van der Waals surface area contributed by atoms with Crippen molar-refractivity contribution >= 4 is 29.0 Å². The molecule has 0 spiro atoms. The van der Waals surface area contributed by atoms with Gasteiger partial charge in [-0.2, -0.15) is 0 Å². The lowest BCUT2D eigenvalue weighted by Crippen LogP contribution is -2.09. The molecule has 3 rings (SSSR count). The third-order valence-corrected chi connectivity index (χ3v) is 3.31. The van der Waals surface area contributed by atoms with Gasteiger partial charge in [-0.3, -0.25) is 4.79 Å². The largest absolute Gasteiger partial charge is 0.482 e. The molecule has 120 valence electrons. The Morgan fingerprint density at radius 2 is 1.88 bits per heavy atom. The van der Waals surface area contributed by atoms with E-state index in [0.717, 1.165) is 5.56 Å². The first-order valence-corrected chi connectivity index (χ1v) is 7.23. The van der Waals surface area contributed by atoms with E-state index in [0.29, 0.717) is 22.5 Å². The molecule has 6 nitrogen and oxygen atoms in total. The van der Waals surface area contributed by atoms with Crippen LogP contribution in [-0.2, 0) is 4.79 Å². The first-order valence-electron chi connectivity index (χ1n) is 7.23. The van der Waals surface area contributed by atoms with Gasteiger partial charge in [0.15, 0.2) is 6.61 Å². The highest BCUT2D eigenvalue weighted by atomic mass is 16.5. The number of ether oxygens (including phenoxy) is 1. The first kappa shape index (κ1) is 15.5. The fourth-order valence-electron chi connectivity index (χ4n) is 2.18. The van der Waals surface area contributed by atoms with Crippen molar-refractivity contribution in [3.05, 3.63) is 70.3 Å². The number of para-hydroxylation sites is 1. The van der Waals surface area contributed by atoms with Gasteiger partial charge in [-0.15, -0.1) is 0 Å². The Bertz CT molecular complexity index is 959. The van der Waals surface area contributed by atoms with Crippen molar-refractivity contribution in [3.8, 4) is 5.75 Å². The Kier molecular flexibility index (Phi) is 4.38. The normalized spacial score (nSPS) is 11.0. The van der Waals surface area contributed by atoms with Crippen LogP contribution in [-0.4, -0.2) is 27.7 Å². The fourth-order valence-corrected chi connectivity index (χ4v) is 2.18. The molecule has 1 heterocycles. The van der Waals surface area contributed by atoms with E-state index in [9.17, 15) is 9.59 Å². The number of hydrogen-bond donors (Lipinski definition) is 2. The van der Waals surface area contributed by atoms with Gasteiger partial charge in [0.1, 0.15) is 11.6 Å². The number of carbonyl (C=O) groups is 1. The predicted molar refractivity (Wildman–Crippen MR) is 90.9 cm³/mol. The minimum absolute atomic E-state index is 0.183. The molecule has 0 atom stereocenters. The van der Waals surface area contributed by atoms with E-state index in [2.05, 4.69) is 9.97 Å². The zero-order valence-corrected chi connectivity index (χ0v) is 12.6.